The van der Waals surface area contributed by atoms with Crippen LogP contribution < -0.4 is 5.73 Å². The molecule has 1 fully saturated rings. The molecule has 1 aromatic heterocycles. The summed E-state index contributed by atoms with van der Waals surface area (Å²) in [6.45, 7) is -0.400. The van der Waals surface area contributed by atoms with Crippen molar-refractivity contribution in [2.75, 3.05) is 12.3 Å². The smallest absolute Gasteiger partial charge is 0.224 e. The zero-order chi connectivity index (χ0) is 12.6. The number of aliphatic hydroxyl groups excluding tert-OH is 3. The highest BCUT2D eigenvalue weighted by Gasteiger charge is 2.44. The van der Waals surface area contributed by atoms with Gasteiger partial charge >= 0.3 is 0 Å². The van der Waals surface area contributed by atoms with Crippen molar-refractivity contribution in [3.05, 3.63) is 17.0 Å². The topological polar surface area (TPSA) is 122 Å². The molecule has 17 heavy (non-hydrogen) atoms. The lowest BCUT2D eigenvalue weighted by Gasteiger charge is -2.15. The summed E-state index contributed by atoms with van der Waals surface area (Å²) in [5, 5.41) is 28.3. The maximum absolute atomic E-state index is 9.78. The third-order valence-corrected chi connectivity index (χ3v) is 2.85. The Morgan fingerprint density at radius 2 is 2.12 bits per heavy atom. The van der Waals surface area contributed by atoms with E-state index >= 15 is 0 Å². The molecule has 4 atom stereocenters. The van der Waals surface area contributed by atoms with E-state index in [-0.39, 0.29) is 11.1 Å². The molecule has 7 nitrogen and oxygen atoms in total. The van der Waals surface area contributed by atoms with Crippen LogP contribution in [-0.4, -0.2) is 50.2 Å². The number of anilines is 1. The average molecular weight is 262 g/mol. The first kappa shape index (κ1) is 12.5. The minimum absolute atomic E-state index is 0.0157. The van der Waals surface area contributed by atoms with Crippen molar-refractivity contribution in [2.24, 2.45) is 0 Å². The van der Waals surface area contributed by atoms with E-state index < -0.39 is 31.0 Å². The molecule has 0 radical (unpaired) electrons. The first-order valence-corrected chi connectivity index (χ1v) is 5.32. The van der Waals surface area contributed by atoms with E-state index in [1.807, 2.05) is 0 Å². The molecule has 1 aliphatic heterocycles. The van der Waals surface area contributed by atoms with E-state index in [9.17, 15) is 10.2 Å². The molecule has 2 rings (SSSR count). The molecule has 0 spiro atoms. The third-order valence-electron chi connectivity index (χ3n) is 2.67. The number of hydrogen-bond donors (Lipinski definition) is 4. The van der Waals surface area contributed by atoms with Crippen LogP contribution >= 0.6 is 11.6 Å². The molecule has 0 aromatic carbocycles. The number of aromatic nitrogens is 2. The summed E-state index contributed by atoms with van der Waals surface area (Å²) in [4.78, 5) is 7.46. The van der Waals surface area contributed by atoms with Crippen LogP contribution in [0, 0.1) is 0 Å². The van der Waals surface area contributed by atoms with E-state index in [1.54, 1.807) is 0 Å². The predicted octanol–water partition coefficient (Wildman–Crippen LogP) is -1.13. The Bertz CT molecular complexity index is 419. The molecule has 1 aromatic rings. The molecule has 0 unspecified atom stereocenters. The number of hydrogen-bond acceptors (Lipinski definition) is 7. The van der Waals surface area contributed by atoms with Crippen molar-refractivity contribution in [2.45, 2.75) is 24.4 Å². The quantitative estimate of drug-likeness (QED) is 0.497. The van der Waals surface area contributed by atoms with Crippen molar-refractivity contribution in [1.82, 2.24) is 9.97 Å². The predicted molar refractivity (Wildman–Crippen MR) is 58.2 cm³/mol. The Morgan fingerprint density at radius 1 is 1.41 bits per heavy atom. The van der Waals surface area contributed by atoms with Gasteiger partial charge in [-0.3, -0.25) is 0 Å². The molecule has 0 saturated carbocycles. The summed E-state index contributed by atoms with van der Waals surface area (Å²) in [6.07, 6.45) is -2.78. The van der Waals surface area contributed by atoms with Crippen molar-refractivity contribution in [3.8, 4) is 0 Å². The lowest BCUT2D eigenvalue weighted by atomic mass is 10.0. The lowest BCUT2D eigenvalue weighted by Crippen LogP contribution is -2.32. The van der Waals surface area contributed by atoms with E-state index in [0.717, 1.165) is 0 Å². The fraction of sp³-hybridized carbons (Fsp3) is 0.556. The van der Waals surface area contributed by atoms with Crippen LogP contribution in [0.4, 0.5) is 5.82 Å². The maximum atomic E-state index is 9.78. The number of halogens is 1. The standard InChI is InChI=1S/C9H12ClN3O4/c10-9-12-1-3(8(11)13-9)7-6(16)5(15)4(2-14)17-7/h1,4-7,14-16H,2H2,(H2,11,12,13)/t4-,5-,6-,7+/m1/s1. The first-order chi connectivity index (χ1) is 8.04. The molecule has 5 N–H and O–H groups in total. The molecule has 2 heterocycles. The number of aliphatic hydroxyl groups is 3. The molecule has 0 bridgehead atoms. The van der Waals surface area contributed by atoms with E-state index in [2.05, 4.69) is 9.97 Å². The number of nitrogens with zero attached hydrogens (tertiary/aromatic N) is 2. The Morgan fingerprint density at radius 3 is 2.65 bits per heavy atom. The molecule has 94 valence electrons. The summed E-state index contributed by atoms with van der Waals surface area (Å²) in [5.41, 5.74) is 5.96. The second kappa shape index (κ2) is 4.71. The van der Waals surface area contributed by atoms with Gasteiger partial charge in [0, 0.05) is 11.8 Å². The SMILES string of the molecule is Nc1nc(Cl)ncc1[C@@H]1O[C@H](CO)[C@@H](O)[C@H]1O. The number of nitrogen functional groups attached to an aromatic ring is 1. The Labute approximate surface area is 102 Å². The molecular weight excluding hydrogens is 250 g/mol. The molecule has 8 heteroatoms. The second-order valence-electron chi connectivity index (χ2n) is 3.74. The van der Waals surface area contributed by atoms with Gasteiger partial charge in [-0.1, -0.05) is 0 Å². The lowest BCUT2D eigenvalue weighted by molar-refractivity contribution is -0.0227. The molecule has 1 saturated heterocycles. The Balaban J connectivity index is 2.29. The normalized spacial score (nSPS) is 32.9. The molecule has 0 aliphatic carbocycles. The fourth-order valence-corrected chi connectivity index (χ4v) is 1.90. The van der Waals surface area contributed by atoms with Gasteiger partial charge in [0.1, 0.15) is 30.2 Å². The van der Waals surface area contributed by atoms with E-state index in [1.165, 1.54) is 6.20 Å². The van der Waals surface area contributed by atoms with Crippen LogP contribution in [0.2, 0.25) is 5.28 Å². The highest BCUT2D eigenvalue weighted by molar-refractivity contribution is 6.28. The summed E-state index contributed by atoms with van der Waals surface area (Å²) in [7, 11) is 0. The van der Waals surface area contributed by atoms with Crippen LogP contribution in [0.25, 0.3) is 0 Å². The van der Waals surface area contributed by atoms with Crippen molar-refractivity contribution in [3.63, 3.8) is 0 Å². The maximum Gasteiger partial charge on any atom is 0.224 e. The summed E-state index contributed by atoms with van der Waals surface area (Å²) < 4.78 is 5.29. The van der Waals surface area contributed by atoms with Crippen LogP contribution in [0.3, 0.4) is 0 Å². The van der Waals surface area contributed by atoms with Gasteiger partial charge in [-0.05, 0) is 11.6 Å². The monoisotopic (exact) mass is 261 g/mol. The molecular formula is C9H12ClN3O4. The van der Waals surface area contributed by atoms with Gasteiger partial charge in [0.2, 0.25) is 5.28 Å². The van der Waals surface area contributed by atoms with Gasteiger partial charge in [0.05, 0.1) is 6.61 Å². The summed E-state index contributed by atoms with van der Waals surface area (Å²) in [5.74, 6) is 0.0693. The minimum atomic E-state index is -1.20. The van der Waals surface area contributed by atoms with Crippen LogP contribution in [0.15, 0.2) is 6.20 Å². The van der Waals surface area contributed by atoms with Gasteiger partial charge in [-0.25, -0.2) is 9.97 Å². The number of ether oxygens (including phenoxy) is 1. The summed E-state index contributed by atoms with van der Waals surface area (Å²) >= 11 is 5.55. The Hall–Kier alpha value is -0.990. The van der Waals surface area contributed by atoms with Gasteiger partial charge in [-0.2, -0.15) is 0 Å². The van der Waals surface area contributed by atoms with Crippen LogP contribution in [-0.2, 0) is 4.74 Å². The van der Waals surface area contributed by atoms with Crippen molar-refractivity contribution >= 4 is 17.4 Å². The van der Waals surface area contributed by atoms with E-state index in [0.29, 0.717) is 5.56 Å². The minimum Gasteiger partial charge on any atom is -0.394 e. The average Bonchev–Trinajstić information content (AvgIpc) is 2.57. The first-order valence-electron chi connectivity index (χ1n) is 4.95. The highest BCUT2D eigenvalue weighted by atomic mass is 35.5. The largest absolute Gasteiger partial charge is 0.394 e. The molecule has 1 aliphatic rings. The van der Waals surface area contributed by atoms with Gasteiger partial charge < -0.3 is 25.8 Å². The van der Waals surface area contributed by atoms with Gasteiger partial charge in [0.15, 0.2) is 0 Å². The zero-order valence-corrected chi connectivity index (χ0v) is 9.45. The van der Waals surface area contributed by atoms with Crippen molar-refractivity contribution in [1.29, 1.82) is 0 Å². The zero-order valence-electron chi connectivity index (χ0n) is 8.69. The van der Waals surface area contributed by atoms with Crippen molar-refractivity contribution < 1.29 is 20.1 Å². The molecule has 0 amide bonds. The fourth-order valence-electron chi connectivity index (χ4n) is 1.76. The van der Waals surface area contributed by atoms with Gasteiger partial charge in [-0.15, -0.1) is 0 Å². The third kappa shape index (κ3) is 2.20. The van der Waals surface area contributed by atoms with Gasteiger partial charge in [0.25, 0.3) is 0 Å². The second-order valence-corrected chi connectivity index (χ2v) is 4.08. The van der Waals surface area contributed by atoms with Crippen LogP contribution in [0.1, 0.15) is 11.7 Å². The van der Waals surface area contributed by atoms with E-state index in [4.69, 9.17) is 27.2 Å². The number of nitrogens with two attached hydrogens (primary N) is 1. The summed E-state index contributed by atoms with van der Waals surface area (Å²) in [6, 6.07) is 0. The highest BCUT2D eigenvalue weighted by Crippen LogP contribution is 2.35. The Kier molecular flexibility index (Phi) is 3.45. The number of rotatable bonds is 2. The van der Waals surface area contributed by atoms with Crippen LogP contribution in [0.5, 0.6) is 0 Å².